The van der Waals surface area contributed by atoms with Gasteiger partial charge in [0.05, 0.1) is 0 Å². The van der Waals surface area contributed by atoms with Crippen LogP contribution in [-0.2, 0) is 0 Å². The van der Waals surface area contributed by atoms with Crippen molar-refractivity contribution in [1.82, 2.24) is 9.88 Å². The number of hydrogen-bond acceptors (Lipinski definition) is 3. The SMILES string of the molecule is CC(C)(C)N1CCC(Nc2ccc3[nH]c(C(=O)O)cc3c2)CC1. The molecule has 5 nitrogen and oxygen atoms in total. The van der Waals surface area contributed by atoms with Gasteiger partial charge in [0, 0.05) is 41.3 Å². The lowest BCUT2D eigenvalue weighted by atomic mass is 9.98. The third-order valence-corrected chi connectivity index (χ3v) is 4.67. The summed E-state index contributed by atoms with van der Waals surface area (Å²) in [6.07, 6.45) is 2.26. The average Bonchev–Trinajstić information content (AvgIpc) is 2.90. The van der Waals surface area contributed by atoms with Crippen LogP contribution in [-0.4, -0.2) is 45.6 Å². The van der Waals surface area contributed by atoms with E-state index in [2.05, 4.69) is 36.0 Å². The molecule has 2 heterocycles. The summed E-state index contributed by atoms with van der Waals surface area (Å²) in [7, 11) is 0. The molecule has 0 aliphatic carbocycles. The molecule has 0 spiro atoms. The highest BCUT2D eigenvalue weighted by atomic mass is 16.4. The number of anilines is 1. The smallest absolute Gasteiger partial charge is 0.352 e. The Hall–Kier alpha value is -2.01. The summed E-state index contributed by atoms with van der Waals surface area (Å²) in [6.45, 7) is 9.01. The molecule has 1 aromatic carbocycles. The van der Waals surface area contributed by atoms with Crippen LogP contribution in [0.1, 0.15) is 44.1 Å². The van der Waals surface area contributed by atoms with E-state index in [9.17, 15) is 4.79 Å². The van der Waals surface area contributed by atoms with Crippen molar-refractivity contribution in [2.45, 2.75) is 45.2 Å². The van der Waals surface area contributed by atoms with Crippen LogP contribution in [0.5, 0.6) is 0 Å². The van der Waals surface area contributed by atoms with Crippen LogP contribution in [0.2, 0.25) is 0 Å². The quantitative estimate of drug-likeness (QED) is 0.810. The molecule has 1 fully saturated rings. The topological polar surface area (TPSA) is 68.4 Å². The Balaban J connectivity index is 1.67. The number of carboxylic acid groups (broad SMARTS) is 1. The van der Waals surface area contributed by atoms with E-state index < -0.39 is 5.97 Å². The van der Waals surface area contributed by atoms with Crippen LogP contribution in [0.15, 0.2) is 24.3 Å². The number of carbonyl (C=O) groups is 1. The molecule has 23 heavy (non-hydrogen) atoms. The Morgan fingerprint density at radius 1 is 1.26 bits per heavy atom. The number of likely N-dealkylation sites (tertiary alicyclic amines) is 1. The van der Waals surface area contributed by atoms with Crippen LogP contribution in [0.3, 0.4) is 0 Å². The molecule has 1 aliphatic heterocycles. The summed E-state index contributed by atoms with van der Waals surface area (Å²) in [5.41, 5.74) is 2.39. The zero-order valence-electron chi connectivity index (χ0n) is 14.0. The predicted octanol–water partition coefficient (Wildman–Crippen LogP) is 3.54. The minimum atomic E-state index is -0.926. The van der Waals surface area contributed by atoms with Gasteiger partial charge in [-0.25, -0.2) is 4.79 Å². The van der Waals surface area contributed by atoms with Gasteiger partial charge >= 0.3 is 5.97 Å². The third-order valence-electron chi connectivity index (χ3n) is 4.67. The van der Waals surface area contributed by atoms with E-state index >= 15 is 0 Å². The maximum Gasteiger partial charge on any atom is 0.352 e. The maximum atomic E-state index is 11.0. The van der Waals surface area contributed by atoms with Crippen LogP contribution >= 0.6 is 0 Å². The van der Waals surface area contributed by atoms with Crippen molar-refractivity contribution < 1.29 is 9.90 Å². The fraction of sp³-hybridized carbons (Fsp3) is 0.500. The normalized spacial score (nSPS) is 17.5. The molecule has 1 saturated heterocycles. The lowest BCUT2D eigenvalue weighted by Crippen LogP contribution is -2.48. The molecule has 0 bridgehead atoms. The first-order valence-corrected chi connectivity index (χ1v) is 8.20. The molecule has 1 aromatic heterocycles. The molecule has 0 amide bonds. The molecule has 0 radical (unpaired) electrons. The van der Waals surface area contributed by atoms with Crippen molar-refractivity contribution in [2.24, 2.45) is 0 Å². The number of aromatic carboxylic acids is 1. The Morgan fingerprint density at radius 2 is 1.96 bits per heavy atom. The zero-order valence-corrected chi connectivity index (χ0v) is 14.0. The summed E-state index contributed by atoms with van der Waals surface area (Å²) < 4.78 is 0. The zero-order chi connectivity index (χ0) is 16.6. The number of nitrogens with one attached hydrogen (secondary N) is 2. The Morgan fingerprint density at radius 3 is 2.57 bits per heavy atom. The van der Waals surface area contributed by atoms with Crippen LogP contribution in [0, 0.1) is 0 Å². The summed E-state index contributed by atoms with van der Waals surface area (Å²) in [5.74, 6) is -0.926. The van der Waals surface area contributed by atoms with Crippen molar-refractivity contribution in [3.05, 3.63) is 30.0 Å². The van der Waals surface area contributed by atoms with E-state index in [-0.39, 0.29) is 11.2 Å². The molecule has 3 rings (SSSR count). The number of H-pyrrole nitrogens is 1. The maximum absolute atomic E-state index is 11.0. The summed E-state index contributed by atoms with van der Waals surface area (Å²) >= 11 is 0. The molecule has 3 N–H and O–H groups in total. The van der Waals surface area contributed by atoms with Gasteiger partial charge in [-0.05, 0) is 57.9 Å². The van der Waals surface area contributed by atoms with E-state index in [0.717, 1.165) is 42.5 Å². The number of fused-ring (bicyclic) bond motifs is 1. The number of rotatable bonds is 3. The molecular weight excluding hydrogens is 290 g/mol. The van der Waals surface area contributed by atoms with Gasteiger partial charge < -0.3 is 15.4 Å². The minimum absolute atomic E-state index is 0.232. The Kier molecular flexibility index (Phi) is 4.06. The van der Waals surface area contributed by atoms with Crippen LogP contribution < -0.4 is 5.32 Å². The van der Waals surface area contributed by atoms with E-state index in [1.165, 1.54) is 0 Å². The number of piperidine rings is 1. The van der Waals surface area contributed by atoms with Gasteiger partial charge in [-0.2, -0.15) is 0 Å². The van der Waals surface area contributed by atoms with Gasteiger partial charge in [0.2, 0.25) is 0 Å². The van der Waals surface area contributed by atoms with E-state index in [1.54, 1.807) is 6.07 Å². The van der Waals surface area contributed by atoms with Crippen LogP contribution in [0.25, 0.3) is 10.9 Å². The van der Waals surface area contributed by atoms with Gasteiger partial charge in [0.25, 0.3) is 0 Å². The number of carboxylic acids is 1. The molecule has 124 valence electrons. The first-order chi connectivity index (χ1) is 10.8. The van der Waals surface area contributed by atoms with Gasteiger partial charge in [-0.15, -0.1) is 0 Å². The molecule has 0 unspecified atom stereocenters. The van der Waals surface area contributed by atoms with E-state index in [1.807, 2.05) is 18.2 Å². The standard InChI is InChI=1S/C18H25N3O2/c1-18(2,3)21-8-6-13(7-9-21)19-14-4-5-15-12(10-14)11-16(20-15)17(22)23/h4-5,10-11,13,19-20H,6-9H2,1-3H3,(H,22,23). The molecular formula is C18H25N3O2. The van der Waals surface area contributed by atoms with Gasteiger partial charge in [-0.3, -0.25) is 4.90 Å². The highest BCUT2D eigenvalue weighted by molar-refractivity contribution is 5.94. The number of aromatic nitrogens is 1. The highest BCUT2D eigenvalue weighted by Crippen LogP contribution is 2.25. The van der Waals surface area contributed by atoms with Crippen molar-refractivity contribution >= 4 is 22.6 Å². The first-order valence-electron chi connectivity index (χ1n) is 8.20. The summed E-state index contributed by atoms with van der Waals surface area (Å²) in [6, 6.07) is 8.14. The monoisotopic (exact) mass is 315 g/mol. The van der Waals surface area contributed by atoms with Crippen molar-refractivity contribution in [3.8, 4) is 0 Å². The van der Waals surface area contributed by atoms with Gasteiger partial charge in [0.15, 0.2) is 0 Å². The van der Waals surface area contributed by atoms with Crippen LogP contribution in [0.4, 0.5) is 5.69 Å². The van der Waals surface area contributed by atoms with Gasteiger partial charge in [-0.1, -0.05) is 0 Å². The summed E-state index contributed by atoms with van der Waals surface area (Å²) in [5, 5.41) is 13.6. The van der Waals surface area contributed by atoms with E-state index in [0.29, 0.717) is 6.04 Å². The first kappa shape index (κ1) is 15.9. The largest absolute Gasteiger partial charge is 0.477 e. The number of aromatic amines is 1. The lowest BCUT2D eigenvalue weighted by molar-refractivity contribution is 0.0691. The van der Waals surface area contributed by atoms with Crippen molar-refractivity contribution in [3.63, 3.8) is 0 Å². The van der Waals surface area contributed by atoms with E-state index in [4.69, 9.17) is 5.11 Å². The second kappa shape index (κ2) is 5.89. The molecule has 1 aliphatic rings. The average molecular weight is 315 g/mol. The number of benzene rings is 1. The number of nitrogens with zero attached hydrogens (tertiary/aromatic N) is 1. The minimum Gasteiger partial charge on any atom is -0.477 e. The molecule has 2 aromatic rings. The number of hydrogen-bond donors (Lipinski definition) is 3. The predicted molar refractivity (Wildman–Crippen MR) is 93.2 cm³/mol. The second-order valence-electron chi connectivity index (χ2n) is 7.37. The molecule has 0 atom stereocenters. The van der Waals surface area contributed by atoms with Gasteiger partial charge in [0.1, 0.15) is 5.69 Å². The Labute approximate surface area is 136 Å². The highest BCUT2D eigenvalue weighted by Gasteiger charge is 2.26. The van der Waals surface area contributed by atoms with Crippen molar-refractivity contribution in [1.29, 1.82) is 0 Å². The third kappa shape index (κ3) is 3.50. The second-order valence-corrected chi connectivity index (χ2v) is 7.37. The fourth-order valence-corrected chi connectivity index (χ4v) is 3.27. The lowest BCUT2D eigenvalue weighted by Gasteiger charge is -2.41. The molecule has 5 heteroatoms. The Bertz CT molecular complexity index is 707. The fourth-order valence-electron chi connectivity index (χ4n) is 3.27. The molecule has 0 saturated carbocycles. The summed E-state index contributed by atoms with van der Waals surface area (Å²) in [4.78, 5) is 16.5. The van der Waals surface area contributed by atoms with Crippen molar-refractivity contribution in [2.75, 3.05) is 18.4 Å².